The molecule has 3 nitrogen and oxygen atoms in total. The summed E-state index contributed by atoms with van der Waals surface area (Å²) in [5.74, 6) is 0. The van der Waals surface area contributed by atoms with Crippen LogP contribution < -0.4 is 11.1 Å². The van der Waals surface area contributed by atoms with Crippen molar-refractivity contribution in [3.8, 4) is 6.07 Å². The van der Waals surface area contributed by atoms with Gasteiger partial charge in [0.2, 0.25) is 0 Å². The normalized spacial score (nSPS) is 9.83. The summed E-state index contributed by atoms with van der Waals surface area (Å²) in [6.07, 6.45) is 0. The number of benzene rings is 2. The summed E-state index contributed by atoms with van der Waals surface area (Å²) in [6.45, 7) is 0. The summed E-state index contributed by atoms with van der Waals surface area (Å²) in [4.78, 5) is 0. The lowest BCUT2D eigenvalue weighted by atomic mass is 10.1. The molecule has 0 radical (unpaired) electrons. The summed E-state index contributed by atoms with van der Waals surface area (Å²) in [5.41, 5.74) is 8.37. The number of rotatable bonds is 2. The van der Waals surface area contributed by atoms with Crippen molar-refractivity contribution in [1.82, 2.24) is 0 Å². The van der Waals surface area contributed by atoms with Gasteiger partial charge in [-0.1, -0.05) is 15.9 Å². The van der Waals surface area contributed by atoms with Gasteiger partial charge in [0.05, 0.1) is 11.3 Å². The van der Waals surface area contributed by atoms with E-state index in [0.29, 0.717) is 11.3 Å². The summed E-state index contributed by atoms with van der Waals surface area (Å²) in [6, 6.07) is 13.2. The van der Waals surface area contributed by atoms with Gasteiger partial charge in [0, 0.05) is 20.3 Å². The van der Waals surface area contributed by atoms with E-state index in [1.165, 1.54) is 0 Å². The van der Waals surface area contributed by atoms with E-state index < -0.39 is 0 Å². The third-order valence-electron chi connectivity index (χ3n) is 2.38. The molecule has 0 fully saturated rings. The van der Waals surface area contributed by atoms with Crippen molar-refractivity contribution in [2.45, 2.75) is 0 Å². The largest absolute Gasteiger partial charge is 0.398 e. The van der Waals surface area contributed by atoms with E-state index in [9.17, 15) is 0 Å². The van der Waals surface area contributed by atoms with E-state index >= 15 is 0 Å². The molecule has 90 valence electrons. The van der Waals surface area contributed by atoms with Crippen molar-refractivity contribution in [1.29, 1.82) is 5.26 Å². The molecule has 0 aliphatic carbocycles. The predicted molar refractivity (Wildman–Crippen MR) is 80.7 cm³/mol. The Hall–Kier alpha value is -1.51. The van der Waals surface area contributed by atoms with E-state index in [0.717, 1.165) is 20.3 Å². The zero-order chi connectivity index (χ0) is 13.1. The molecule has 0 unspecified atom stereocenters. The summed E-state index contributed by atoms with van der Waals surface area (Å²) in [5, 5.41) is 12.2. The summed E-state index contributed by atoms with van der Waals surface area (Å²) in [7, 11) is 0. The fourth-order valence-corrected chi connectivity index (χ4v) is 2.62. The fraction of sp³-hybridized carbons (Fsp3) is 0. The van der Waals surface area contributed by atoms with Gasteiger partial charge in [0.25, 0.3) is 0 Å². The van der Waals surface area contributed by atoms with E-state index in [1.54, 1.807) is 12.1 Å². The average Bonchev–Trinajstić information content (AvgIpc) is 2.35. The quantitative estimate of drug-likeness (QED) is 0.774. The molecule has 18 heavy (non-hydrogen) atoms. The number of nitrogen functional groups attached to an aromatic ring is 1. The first kappa shape index (κ1) is 12.9. The first-order valence-electron chi connectivity index (χ1n) is 5.12. The van der Waals surface area contributed by atoms with E-state index in [4.69, 9.17) is 11.0 Å². The number of anilines is 3. The number of nitrogens with one attached hydrogen (secondary N) is 1. The van der Waals surface area contributed by atoms with Gasteiger partial charge < -0.3 is 11.1 Å². The molecule has 2 rings (SSSR count). The molecule has 0 amide bonds. The molecule has 5 heteroatoms. The Morgan fingerprint density at radius 3 is 2.56 bits per heavy atom. The standard InChI is InChI=1S/C13H9Br2N3/c14-9-1-4-13(11(15)6-9)18-10-2-3-12(17)8(5-10)7-16/h1-6,18H,17H2. The second kappa shape index (κ2) is 5.42. The van der Waals surface area contributed by atoms with E-state index in [1.807, 2.05) is 24.3 Å². The van der Waals surface area contributed by atoms with Crippen LogP contribution in [-0.2, 0) is 0 Å². The minimum atomic E-state index is 0.466. The van der Waals surface area contributed by atoms with Crippen molar-refractivity contribution in [3.63, 3.8) is 0 Å². The van der Waals surface area contributed by atoms with E-state index in [2.05, 4.69) is 43.2 Å². The highest BCUT2D eigenvalue weighted by molar-refractivity contribution is 9.11. The smallest absolute Gasteiger partial charge is 0.101 e. The first-order chi connectivity index (χ1) is 8.60. The van der Waals surface area contributed by atoms with Crippen LogP contribution >= 0.6 is 31.9 Å². The molecule has 0 aliphatic rings. The van der Waals surface area contributed by atoms with Gasteiger partial charge in [-0.05, 0) is 52.3 Å². The first-order valence-corrected chi connectivity index (χ1v) is 6.70. The Balaban J connectivity index is 2.32. The van der Waals surface area contributed by atoms with Gasteiger partial charge in [-0.3, -0.25) is 0 Å². The monoisotopic (exact) mass is 365 g/mol. The van der Waals surface area contributed by atoms with Crippen molar-refractivity contribution >= 4 is 48.9 Å². The maximum atomic E-state index is 8.93. The van der Waals surface area contributed by atoms with Crippen LogP contribution in [-0.4, -0.2) is 0 Å². The Kier molecular flexibility index (Phi) is 3.90. The SMILES string of the molecule is N#Cc1cc(Nc2ccc(Br)cc2Br)ccc1N. The van der Waals surface area contributed by atoms with Crippen LogP contribution in [0.4, 0.5) is 17.1 Å². The van der Waals surface area contributed by atoms with Crippen LogP contribution in [0.1, 0.15) is 5.56 Å². The number of nitrogens with zero attached hydrogens (tertiary/aromatic N) is 1. The lowest BCUT2D eigenvalue weighted by molar-refractivity contribution is 1.46. The van der Waals surface area contributed by atoms with Crippen molar-refractivity contribution in [2.75, 3.05) is 11.1 Å². The minimum absolute atomic E-state index is 0.466. The maximum absolute atomic E-state index is 8.93. The zero-order valence-corrected chi connectivity index (χ0v) is 12.4. The second-order valence-electron chi connectivity index (χ2n) is 3.66. The molecule has 0 aliphatic heterocycles. The van der Waals surface area contributed by atoms with Crippen LogP contribution in [0.3, 0.4) is 0 Å². The molecular formula is C13H9Br2N3. The Labute approximate surface area is 122 Å². The number of nitrogens with two attached hydrogens (primary N) is 1. The molecule has 0 heterocycles. The third-order valence-corrected chi connectivity index (χ3v) is 3.53. The minimum Gasteiger partial charge on any atom is -0.398 e. The summed E-state index contributed by atoms with van der Waals surface area (Å²) >= 11 is 6.87. The molecule has 0 aromatic heterocycles. The highest BCUT2D eigenvalue weighted by Gasteiger charge is 2.03. The van der Waals surface area contributed by atoms with Gasteiger partial charge in [-0.25, -0.2) is 0 Å². The van der Waals surface area contributed by atoms with Crippen LogP contribution in [0.25, 0.3) is 0 Å². The maximum Gasteiger partial charge on any atom is 0.101 e. The highest BCUT2D eigenvalue weighted by atomic mass is 79.9. The number of hydrogen-bond donors (Lipinski definition) is 2. The second-order valence-corrected chi connectivity index (χ2v) is 5.43. The van der Waals surface area contributed by atoms with E-state index in [-0.39, 0.29) is 0 Å². The van der Waals surface area contributed by atoms with Crippen LogP contribution in [0, 0.1) is 11.3 Å². The molecule has 0 atom stereocenters. The molecule has 2 aromatic rings. The molecule has 0 spiro atoms. The molecule has 2 aromatic carbocycles. The number of hydrogen-bond acceptors (Lipinski definition) is 3. The van der Waals surface area contributed by atoms with Crippen LogP contribution in [0.2, 0.25) is 0 Å². The van der Waals surface area contributed by atoms with Gasteiger partial charge in [0.1, 0.15) is 6.07 Å². The Bertz CT molecular complexity index is 633. The van der Waals surface area contributed by atoms with Crippen molar-refractivity contribution in [3.05, 3.63) is 50.9 Å². The predicted octanol–water partition coefficient (Wildman–Crippen LogP) is 4.41. The van der Waals surface area contributed by atoms with Gasteiger partial charge in [-0.2, -0.15) is 5.26 Å². The van der Waals surface area contributed by atoms with Crippen LogP contribution in [0.5, 0.6) is 0 Å². The third kappa shape index (κ3) is 2.84. The molecule has 3 N–H and O–H groups in total. The van der Waals surface area contributed by atoms with Gasteiger partial charge in [-0.15, -0.1) is 0 Å². The molecule has 0 bridgehead atoms. The fourth-order valence-electron chi connectivity index (χ4n) is 1.48. The Morgan fingerprint density at radius 2 is 1.89 bits per heavy atom. The zero-order valence-electron chi connectivity index (χ0n) is 9.24. The van der Waals surface area contributed by atoms with Crippen molar-refractivity contribution < 1.29 is 0 Å². The molecular weight excluding hydrogens is 358 g/mol. The van der Waals surface area contributed by atoms with Crippen LogP contribution in [0.15, 0.2) is 45.3 Å². The average molecular weight is 367 g/mol. The van der Waals surface area contributed by atoms with Gasteiger partial charge in [0.15, 0.2) is 0 Å². The number of nitriles is 1. The number of halogens is 2. The lowest BCUT2D eigenvalue weighted by Crippen LogP contribution is -1.95. The highest BCUT2D eigenvalue weighted by Crippen LogP contribution is 2.29. The van der Waals surface area contributed by atoms with Gasteiger partial charge >= 0.3 is 0 Å². The summed E-state index contributed by atoms with van der Waals surface area (Å²) < 4.78 is 1.93. The molecule has 0 saturated carbocycles. The van der Waals surface area contributed by atoms with Crippen molar-refractivity contribution in [2.24, 2.45) is 0 Å². The lowest BCUT2D eigenvalue weighted by Gasteiger charge is -2.10. The topological polar surface area (TPSA) is 61.8 Å². The Morgan fingerprint density at radius 1 is 1.11 bits per heavy atom. The molecule has 0 saturated heterocycles.